The Kier molecular flexibility index (Phi) is 2.91. The molecule has 10 nitrogen and oxygen atoms in total. The van der Waals surface area contributed by atoms with Crippen molar-refractivity contribution in [1.82, 2.24) is 34.3 Å². The fraction of sp³-hybridized carbons (Fsp3) is 0.250. The molecule has 4 rings (SSSR count). The molecule has 0 saturated heterocycles. The molecular weight excluding hydrogens is 322 g/mol. The molecule has 0 saturated carbocycles. The predicted octanol–water partition coefficient (Wildman–Crippen LogP) is -0.614. The first-order valence-corrected chi connectivity index (χ1v) is 8.32. The maximum absolute atomic E-state index is 12.4. The van der Waals surface area contributed by atoms with Crippen molar-refractivity contribution < 1.29 is 13.2 Å². The SMILES string of the molecule is O=C(NS(=O)(=O)c1cnc2n1CCC2)c1ccn2nnnc2c1. The van der Waals surface area contributed by atoms with E-state index in [1.54, 1.807) is 4.57 Å². The van der Waals surface area contributed by atoms with Gasteiger partial charge in [0.15, 0.2) is 10.7 Å². The van der Waals surface area contributed by atoms with E-state index in [1.165, 1.54) is 29.0 Å². The van der Waals surface area contributed by atoms with Crippen molar-refractivity contribution >= 4 is 21.6 Å². The minimum absolute atomic E-state index is 0.00331. The summed E-state index contributed by atoms with van der Waals surface area (Å²) in [6, 6.07) is 2.85. The number of sulfonamides is 1. The van der Waals surface area contributed by atoms with Crippen molar-refractivity contribution in [1.29, 1.82) is 0 Å². The van der Waals surface area contributed by atoms with Crippen LogP contribution in [0.1, 0.15) is 22.6 Å². The number of carbonyl (C=O) groups excluding carboxylic acids is 1. The van der Waals surface area contributed by atoms with Crippen molar-refractivity contribution in [2.24, 2.45) is 0 Å². The summed E-state index contributed by atoms with van der Waals surface area (Å²) in [7, 11) is -3.99. The first-order valence-electron chi connectivity index (χ1n) is 6.84. The summed E-state index contributed by atoms with van der Waals surface area (Å²) < 4.78 is 29.9. The van der Waals surface area contributed by atoms with Crippen LogP contribution in [-0.2, 0) is 23.0 Å². The maximum atomic E-state index is 12.4. The van der Waals surface area contributed by atoms with E-state index in [0.29, 0.717) is 18.0 Å². The Morgan fingerprint density at radius 3 is 3.09 bits per heavy atom. The number of tetrazole rings is 1. The van der Waals surface area contributed by atoms with Gasteiger partial charge in [0, 0.05) is 24.7 Å². The number of aryl methyl sites for hydroxylation is 1. The summed E-state index contributed by atoms with van der Waals surface area (Å²) in [6.07, 6.45) is 4.33. The number of hydrogen-bond donors (Lipinski definition) is 1. The minimum atomic E-state index is -3.99. The summed E-state index contributed by atoms with van der Waals surface area (Å²) >= 11 is 0. The summed E-state index contributed by atoms with van der Waals surface area (Å²) in [4.78, 5) is 16.3. The third-order valence-electron chi connectivity index (χ3n) is 3.65. The van der Waals surface area contributed by atoms with Crippen LogP contribution in [0.2, 0.25) is 0 Å². The molecule has 23 heavy (non-hydrogen) atoms. The number of fused-ring (bicyclic) bond motifs is 2. The van der Waals surface area contributed by atoms with E-state index in [1.807, 2.05) is 0 Å². The zero-order chi connectivity index (χ0) is 16.0. The van der Waals surface area contributed by atoms with Gasteiger partial charge in [-0.05, 0) is 29.0 Å². The number of imidazole rings is 1. The lowest BCUT2D eigenvalue weighted by molar-refractivity contribution is 0.0981. The smallest absolute Gasteiger partial charge is 0.281 e. The van der Waals surface area contributed by atoms with E-state index < -0.39 is 15.9 Å². The average Bonchev–Trinajstić information content (AvgIpc) is 3.21. The Labute approximate surface area is 130 Å². The number of nitrogens with zero attached hydrogens (tertiary/aromatic N) is 6. The second kappa shape index (κ2) is 4.84. The lowest BCUT2D eigenvalue weighted by Crippen LogP contribution is -2.32. The highest BCUT2D eigenvalue weighted by atomic mass is 32.2. The van der Waals surface area contributed by atoms with Crippen molar-refractivity contribution in [2.75, 3.05) is 0 Å². The van der Waals surface area contributed by atoms with Crippen LogP contribution in [0.4, 0.5) is 0 Å². The lowest BCUT2D eigenvalue weighted by Gasteiger charge is -2.08. The van der Waals surface area contributed by atoms with E-state index in [0.717, 1.165) is 12.8 Å². The van der Waals surface area contributed by atoms with Gasteiger partial charge < -0.3 is 4.57 Å². The van der Waals surface area contributed by atoms with Crippen LogP contribution in [-0.4, -0.2) is 43.9 Å². The monoisotopic (exact) mass is 333 g/mol. The molecule has 118 valence electrons. The van der Waals surface area contributed by atoms with Gasteiger partial charge in [0.1, 0.15) is 5.82 Å². The zero-order valence-electron chi connectivity index (χ0n) is 11.7. The minimum Gasteiger partial charge on any atom is -0.318 e. The molecular formula is C12H11N7O3S. The molecule has 0 aliphatic carbocycles. The number of pyridine rings is 1. The topological polar surface area (TPSA) is 124 Å². The number of carbonyl (C=O) groups is 1. The van der Waals surface area contributed by atoms with Crippen LogP contribution < -0.4 is 4.72 Å². The van der Waals surface area contributed by atoms with E-state index in [2.05, 4.69) is 25.2 Å². The van der Waals surface area contributed by atoms with Gasteiger partial charge in [-0.15, -0.1) is 5.10 Å². The van der Waals surface area contributed by atoms with E-state index in [9.17, 15) is 13.2 Å². The van der Waals surface area contributed by atoms with Crippen molar-refractivity contribution in [3.05, 3.63) is 35.9 Å². The summed E-state index contributed by atoms with van der Waals surface area (Å²) in [5.41, 5.74) is 0.498. The molecule has 1 aliphatic heterocycles. The number of rotatable bonds is 3. The predicted molar refractivity (Wildman–Crippen MR) is 76.0 cm³/mol. The molecule has 1 amide bonds. The van der Waals surface area contributed by atoms with Crippen LogP contribution in [0, 0.1) is 0 Å². The maximum Gasteiger partial charge on any atom is 0.281 e. The molecule has 3 aromatic rings. The number of amides is 1. The Morgan fingerprint density at radius 2 is 2.22 bits per heavy atom. The molecule has 0 aromatic carbocycles. The molecule has 1 N–H and O–H groups in total. The summed E-state index contributed by atoms with van der Waals surface area (Å²) in [5.74, 6) is -0.0298. The zero-order valence-corrected chi connectivity index (χ0v) is 12.6. The second-order valence-corrected chi connectivity index (χ2v) is 6.73. The number of hydrogen-bond acceptors (Lipinski definition) is 7. The van der Waals surface area contributed by atoms with Gasteiger partial charge in [-0.1, -0.05) is 0 Å². The van der Waals surface area contributed by atoms with Crippen LogP contribution in [0.5, 0.6) is 0 Å². The number of nitrogens with one attached hydrogen (secondary N) is 1. The van der Waals surface area contributed by atoms with Gasteiger partial charge in [0.2, 0.25) is 0 Å². The fourth-order valence-corrected chi connectivity index (χ4v) is 3.70. The van der Waals surface area contributed by atoms with E-state index >= 15 is 0 Å². The fourth-order valence-electron chi connectivity index (χ4n) is 2.56. The van der Waals surface area contributed by atoms with Gasteiger partial charge in [-0.2, -0.15) is 8.42 Å². The van der Waals surface area contributed by atoms with Gasteiger partial charge >= 0.3 is 0 Å². The van der Waals surface area contributed by atoms with Gasteiger partial charge in [-0.25, -0.2) is 14.2 Å². The highest BCUT2D eigenvalue weighted by Gasteiger charge is 2.27. The lowest BCUT2D eigenvalue weighted by atomic mass is 10.2. The van der Waals surface area contributed by atoms with Crippen LogP contribution in [0.25, 0.3) is 5.65 Å². The molecule has 0 atom stereocenters. The standard InChI is InChI=1S/C12H11N7O3S/c20-12(8-3-5-19-10(6-8)14-16-17-19)15-23(21,22)11-7-13-9-2-1-4-18(9)11/h3,5-7H,1-2,4H2,(H,15,20). The highest BCUT2D eigenvalue weighted by Crippen LogP contribution is 2.20. The Bertz CT molecular complexity index is 1020. The third kappa shape index (κ3) is 2.25. The normalized spacial score (nSPS) is 14.1. The Hall–Kier alpha value is -2.82. The number of aromatic nitrogens is 6. The Morgan fingerprint density at radius 1 is 1.35 bits per heavy atom. The highest BCUT2D eigenvalue weighted by molar-refractivity contribution is 7.90. The van der Waals surface area contributed by atoms with Gasteiger partial charge in [-0.3, -0.25) is 4.79 Å². The average molecular weight is 333 g/mol. The molecule has 0 spiro atoms. The quantitative estimate of drug-likeness (QED) is 0.677. The molecule has 0 radical (unpaired) electrons. The van der Waals surface area contributed by atoms with E-state index in [4.69, 9.17) is 0 Å². The third-order valence-corrected chi connectivity index (χ3v) is 4.98. The van der Waals surface area contributed by atoms with E-state index in [-0.39, 0.29) is 10.6 Å². The summed E-state index contributed by atoms with van der Waals surface area (Å²) in [6.45, 7) is 0.580. The van der Waals surface area contributed by atoms with Gasteiger partial charge in [0.05, 0.1) is 6.20 Å². The summed E-state index contributed by atoms with van der Waals surface area (Å²) in [5, 5.41) is 10.8. The molecule has 3 aromatic heterocycles. The molecule has 0 unspecified atom stereocenters. The Balaban J connectivity index is 1.64. The second-order valence-electron chi connectivity index (χ2n) is 5.10. The first kappa shape index (κ1) is 13.8. The largest absolute Gasteiger partial charge is 0.318 e. The first-order chi connectivity index (χ1) is 11.0. The molecule has 1 aliphatic rings. The van der Waals surface area contributed by atoms with Crippen molar-refractivity contribution in [2.45, 2.75) is 24.4 Å². The van der Waals surface area contributed by atoms with Crippen molar-refractivity contribution in [3.63, 3.8) is 0 Å². The molecule has 0 bridgehead atoms. The van der Waals surface area contributed by atoms with Crippen molar-refractivity contribution in [3.8, 4) is 0 Å². The molecule has 11 heteroatoms. The van der Waals surface area contributed by atoms with Gasteiger partial charge in [0.25, 0.3) is 15.9 Å². The van der Waals surface area contributed by atoms with Crippen LogP contribution >= 0.6 is 0 Å². The van der Waals surface area contributed by atoms with Crippen LogP contribution in [0.3, 0.4) is 0 Å². The molecule has 4 heterocycles. The van der Waals surface area contributed by atoms with Crippen LogP contribution in [0.15, 0.2) is 29.6 Å². The molecule has 0 fully saturated rings.